The molecule has 0 saturated heterocycles. The van der Waals surface area contributed by atoms with Gasteiger partial charge in [-0.05, 0) is 29.7 Å². The fourth-order valence-corrected chi connectivity index (χ4v) is 2.93. The predicted molar refractivity (Wildman–Crippen MR) is 77.4 cm³/mol. The van der Waals surface area contributed by atoms with E-state index in [4.69, 9.17) is 9.47 Å². The van der Waals surface area contributed by atoms with Crippen LogP contribution in [0.1, 0.15) is 22.6 Å². The van der Waals surface area contributed by atoms with Gasteiger partial charge in [0, 0.05) is 25.8 Å². The van der Waals surface area contributed by atoms with Gasteiger partial charge in [-0.2, -0.15) is 13.2 Å². The molecule has 2 aliphatic rings. The van der Waals surface area contributed by atoms with Crippen molar-refractivity contribution in [1.29, 1.82) is 0 Å². The maximum atomic E-state index is 12.8. The van der Waals surface area contributed by atoms with E-state index in [1.54, 1.807) is 0 Å². The Morgan fingerprint density at radius 3 is 2.83 bits per heavy atom. The van der Waals surface area contributed by atoms with Crippen LogP contribution in [-0.4, -0.2) is 28.2 Å². The Morgan fingerprint density at radius 1 is 1.17 bits per heavy atom. The van der Waals surface area contributed by atoms with Crippen LogP contribution in [0.5, 0.6) is 11.5 Å². The van der Waals surface area contributed by atoms with Crippen LogP contribution in [0.25, 0.3) is 0 Å². The summed E-state index contributed by atoms with van der Waals surface area (Å²) in [6.45, 7) is 1.94. The molecule has 2 aliphatic heterocycles. The van der Waals surface area contributed by atoms with Crippen LogP contribution in [0, 0.1) is 0 Å². The molecule has 3 heterocycles. The number of ether oxygens (including phenoxy) is 2. The molecule has 0 amide bonds. The van der Waals surface area contributed by atoms with E-state index in [-0.39, 0.29) is 6.79 Å². The summed E-state index contributed by atoms with van der Waals surface area (Å²) in [5, 5.41) is 0. The van der Waals surface area contributed by atoms with Crippen LogP contribution >= 0.6 is 0 Å². The van der Waals surface area contributed by atoms with Crippen LogP contribution in [0.4, 0.5) is 13.2 Å². The number of aromatic nitrogens is 2. The van der Waals surface area contributed by atoms with Gasteiger partial charge < -0.3 is 9.47 Å². The first-order valence-electron chi connectivity index (χ1n) is 7.52. The molecular formula is C16H14F3N3O2. The molecular weight excluding hydrogens is 323 g/mol. The summed E-state index contributed by atoms with van der Waals surface area (Å²) in [6, 6.07) is 5.68. The van der Waals surface area contributed by atoms with E-state index in [9.17, 15) is 13.2 Å². The van der Waals surface area contributed by atoms with E-state index in [0.29, 0.717) is 36.7 Å². The van der Waals surface area contributed by atoms with E-state index in [1.807, 2.05) is 18.2 Å². The molecule has 1 aromatic heterocycles. The molecule has 0 saturated carbocycles. The van der Waals surface area contributed by atoms with Crippen molar-refractivity contribution in [3.8, 4) is 11.5 Å². The molecule has 126 valence electrons. The van der Waals surface area contributed by atoms with Crippen molar-refractivity contribution in [1.82, 2.24) is 14.9 Å². The maximum Gasteiger partial charge on any atom is 0.451 e. The van der Waals surface area contributed by atoms with Crippen LogP contribution < -0.4 is 9.47 Å². The van der Waals surface area contributed by atoms with E-state index >= 15 is 0 Å². The zero-order chi connectivity index (χ0) is 16.7. The largest absolute Gasteiger partial charge is 0.454 e. The quantitative estimate of drug-likeness (QED) is 0.843. The number of nitrogens with zero attached hydrogens (tertiary/aromatic N) is 3. The molecule has 24 heavy (non-hydrogen) atoms. The fraction of sp³-hybridized carbons (Fsp3) is 0.375. The molecule has 5 nitrogen and oxygen atoms in total. The lowest BCUT2D eigenvalue weighted by Crippen LogP contribution is -2.31. The first-order valence-corrected chi connectivity index (χ1v) is 7.52. The van der Waals surface area contributed by atoms with Crippen molar-refractivity contribution in [3.63, 3.8) is 0 Å². The lowest BCUT2D eigenvalue weighted by Gasteiger charge is -2.28. The third-order valence-corrected chi connectivity index (χ3v) is 4.12. The van der Waals surface area contributed by atoms with E-state index < -0.39 is 12.0 Å². The van der Waals surface area contributed by atoms with Crippen LogP contribution in [0.3, 0.4) is 0 Å². The summed E-state index contributed by atoms with van der Waals surface area (Å²) in [5.41, 5.74) is 2.25. The lowest BCUT2D eigenvalue weighted by atomic mass is 10.1. The summed E-state index contributed by atoms with van der Waals surface area (Å²) in [7, 11) is 0. The second kappa shape index (κ2) is 5.62. The number of rotatable bonds is 2. The fourth-order valence-electron chi connectivity index (χ4n) is 2.93. The van der Waals surface area contributed by atoms with Gasteiger partial charge in [0.15, 0.2) is 11.5 Å². The summed E-state index contributed by atoms with van der Waals surface area (Å²) >= 11 is 0. The average Bonchev–Trinajstić information content (AvgIpc) is 3.01. The maximum absolute atomic E-state index is 12.8. The first kappa shape index (κ1) is 15.2. The SMILES string of the molecule is FC(F)(F)c1ncc2c(n1)CN(Cc1ccc3c(c1)OCO3)CC2. The van der Waals surface area contributed by atoms with Crippen molar-refractivity contribution in [2.45, 2.75) is 25.7 Å². The highest BCUT2D eigenvalue weighted by atomic mass is 19.4. The standard InChI is InChI=1S/C16H14F3N3O2/c17-16(18,19)15-20-6-11-3-4-22(8-12(11)21-15)7-10-1-2-13-14(5-10)24-9-23-13/h1-2,5-6H,3-4,7-9H2. The Morgan fingerprint density at radius 2 is 2.00 bits per heavy atom. The molecule has 4 rings (SSSR count). The molecule has 0 radical (unpaired) electrons. The molecule has 0 N–H and O–H groups in total. The van der Waals surface area contributed by atoms with Crippen LogP contribution in [-0.2, 0) is 25.7 Å². The summed E-state index contributed by atoms with van der Waals surface area (Å²) < 4.78 is 48.9. The zero-order valence-electron chi connectivity index (χ0n) is 12.6. The van der Waals surface area contributed by atoms with E-state index in [2.05, 4.69) is 14.9 Å². The third-order valence-electron chi connectivity index (χ3n) is 4.12. The van der Waals surface area contributed by atoms with Crippen molar-refractivity contribution >= 4 is 0 Å². The minimum atomic E-state index is -4.52. The zero-order valence-corrected chi connectivity index (χ0v) is 12.6. The normalized spacial score (nSPS) is 17.0. The summed E-state index contributed by atoms with van der Waals surface area (Å²) in [6.07, 6.45) is -2.59. The van der Waals surface area contributed by atoms with Gasteiger partial charge >= 0.3 is 6.18 Å². The minimum Gasteiger partial charge on any atom is -0.454 e. The minimum absolute atomic E-state index is 0.215. The molecule has 0 spiro atoms. The molecule has 2 aromatic rings. The highest BCUT2D eigenvalue weighted by Gasteiger charge is 2.35. The Kier molecular flexibility index (Phi) is 3.56. The number of fused-ring (bicyclic) bond motifs is 2. The van der Waals surface area contributed by atoms with Gasteiger partial charge in [-0.1, -0.05) is 6.07 Å². The van der Waals surface area contributed by atoms with Crippen molar-refractivity contribution in [2.75, 3.05) is 13.3 Å². The highest BCUT2D eigenvalue weighted by molar-refractivity contribution is 5.44. The van der Waals surface area contributed by atoms with Gasteiger partial charge in [0.05, 0.1) is 5.69 Å². The second-order valence-corrected chi connectivity index (χ2v) is 5.81. The monoisotopic (exact) mass is 337 g/mol. The van der Waals surface area contributed by atoms with Gasteiger partial charge in [-0.3, -0.25) is 4.90 Å². The topological polar surface area (TPSA) is 47.5 Å². The van der Waals surface area contributed by atoms with Gasteiger partial charge in [-0.25, -0.2) is 9.97 Å². The van der Waals surface area contributed by atoms with E-state index in [1.165, 1.54) is 6.20 Å². The summed E-state index contributed by atoms with van der Waals surface area (Å²) in [4.78, 5) is 9.20. The molecule has 0 atom stereocenters. The Balaban J connectivity index is 1.51. The molecule has 0 unspecified atom stereocenters. The number of alkyl halides is 3. The third kappa shape index (κ3) is 2.89. The van der Waals surface area contributed by atoms with E-state index in [0.717, 1.165) is 17.7 Å². The predicted octanol–water partition coefficient (Wildman–Crippen LogP) is 2.78. The van der Waals surface area contributed by atoms with Gasteiger partial charge in [-0.15, -0.1) is 0 Å². The molecule has 0 aliphatic carbocycles. The number of hydrogen-bond donors (Lipinski definition) is 0. The van der Waals surface area contributed by atoms with Crippen molar-refractivity contribution in [2.24, 2.45) is 0 Å². The first-order chi connectivity index (χ1) is 11.5. The highest BCUT2D eigenvalue weighted by Crippen LogP contribution is 2.33. The number of benzene rings is 1. The Hall–Kier alpha value is -2.35. The number of halogens is 3. The molecule has 1 aromatic carbocycles. The molecule has 0 fully saturated rings. The van der Waals surface area contributed by atoms with Crippen molar-refractivity contribution < 1.29 is 22.6 Å². The van der Waals surface area contributed by atoms with Crippen molar-refractivity contribution in [3.05, 3.63) is 47.0 Å². The lowest BCUT2D eigenvalue weighted by molar-refractivity contribution is -0.145. The van der Waals surface area contributed by atoms with Gasteiger partial charge in [0.25, 0.3) is 0 Å². The van der Waals surface area contributed by atoms with Gasteiger partial charge in [0.2, 0.25) is 12.6 Å². The molecule has 0 bridgehead atoms. The molecule has 8 heteroatoms. The number of hydrogen-bond acceptors (Lipinski definition) is 5. The van der Waals surface area contributed by atoms with Crippen LogP contribution in [0.2, 0.25) is 0 Å². The van der Waals surface area contributed by atoms with Gasteiger partial charge in [0.1, 0.15) is 0 Å². The second-order valence-electron chi connectivity index (χ2n) is 5.81. The summed E-state index contributed by atoms with van der Waals surface area (Å²) in [5.74, 6) is 0.336. The Bertz CT molecular complexity index is 780. The average molecular weight is 337 g/mol. The smallest absolute Gasteiger partial charge is 0.451 e. The van der Waals surface area contributed by atoms with Crippen LogP contribution in [0.15, 0.2) is 24.4 Å². The Labute approximate surface area is 136 Å².